The number of benzene rings is 1. The topological polar surface area (TPSA) is 26.3 Å². The van der Waals surface area contributed by atoms with Gasteiger partial charge in [0.05, 0.1) is 0 Å². The van der Waals surface area contributed by atoms with Crippen LogP contribution in [-0.4, -0.2) is 12.1 Å². The van der Waals surface area contributed by atoms with Crippen molar-refractivity contribution in [1.82, 2.24) is 0 Å². The van der Waals surface area contributed by atoms with Crippen molar-refractivity contribution < 1.29 is 9.53 Å². The van der Waals surface area contributed by atoms with E-state index < -0.39 is 0 Å². The number of hydrogen-bond acceptors (Lipinski definition) is 2. The first-order valence-corrected chi connectivity index (χ1v) is 10.2. The molecule has 1 aromatic carbocycles. The molecule has 1 unspecified atom stereocenters. The smallest absolute Gasteiger partial charge is 0.306 e. The molecule has 2 heteroatoms. The molecule has 1 heterocycles. The Morgan fingerprint density at radius 2 is 1.76 bits per heavy atom. The molecule has 1 saturated carbocycles. The molecule has 1 aliphatic carbocycles. The molecule has 0 saturated heterocycles. The van der Waals surface area contributed by atoms with Crippen LogP contribution in [-0.2, 0) is 16.0 Å². The van der Waals surface area contributed by atoms with E-state index in [-0.39, 0.29) is 12.1 Å². The zero-order valence-electron chi connectivity index (χ0n) is 15.4. The molecule has 25 heavy (non-hydrogen) atoms. The lowest BCUT2D eigenvalue weighted by atomic mass is 9.87. The SMILES string of the molecule is O=C1CCC/C=C\C[C@H]2CCCC2CC[C@@H](CCc2ccccc2)O1. The van der Waals surface area contributed by atoms with Crippen LogP contribution in [0.25, 0.3) is 0 Å². The van der Waals surface area contributed by atoms with Crippen molar-refractivity contribution in [3.63, 3.8) is 0 Å². The number of rotatable bonds is 3. The molecular weight excluding hydrogens is 308 g/mol. The van der Waals surface area contributed by atoms with Crippen molar-refractivity contribution in [1.29, 1.82) is 0 Å². The molecule has 3 rings (SSSR count). The van der Waals surface area contributed by atoms with Gasteiger partial charge in [-0.05, 0) is 68.8 Å². The summed E-state index contributed by atoms with van der Waals surface area (Å²) in [6.07, 6.45) is 16.7. The Bertz CT molecular complexity index is 548. The van der Waals surface area contributed by atoms with E-state index in [9.17, 15) is 4.79 Å². The molecule has 136 valence electrons. The van der Waals surface area contributed by atoms with Crippen LogP contribution < -0.4 is 0 Å². The van der Waals surface area contributed by atoms with Gasteiger partial charge in [-0.2, -0.15) is 0 Å². The Hall–Kier alpha value is -1.57. The second-order valence-corrected chi connectivity index (χ2v) is 7.76. The van der Waals surface area contributed by atoms with E-state index in [2.05, 4.69) is 42.5 Å². The molecule has 0 spiro atoms. The monoisotopic (exact) mass is 340 g/mol. The van der Waals surface area contributed by atoms with Crippen LogP contribution in [0.1, 0.15) is 69.8 Å². The predicted molar refractivity (Wildman–Crippen MR) is 102 cm³/mol. The van der Waals surface area contributed by atoms with Gasteiger partial charge in [0.1, 0.15) is 6.10 Å². The maximum absolute atomic E-state index is 12.2. The van der Waals surface area contributed by atoms with Gasteiger partial charge in [-0.15, -0.1) is 0 Å². The summed E-state index contributed by atoms with van der Waals surface area (Å²) in [5.41, 5.74) is 1.34. The van der Waals surface area contributed by atoms with Crippen LogP contribution in [0.4, 0.5) is 0 Å². The normalized spacial score (nSPS) is 29.6. The first kappa shape index (κ1) is 18.2. The average molecular weight is 341 g/mol. The van der Waals surface area contributed by atoms with Gasteiger partial charge in [0.25, 0.3) is 0 Å². The lowest BCUT2D eigenvalue weighted by Crippen LogP contribution is -2.21. The third-order valence-electron chi connectivity index (χ3n) is 5.93. The summed E-state index contributed by atoms with van der Waals surface area (Å²) < 4.78 is 5.87. The number of ether oxygens (including phenoxy) is 1. The minimum absolute atomic E-state index is 0.00585. The summed E-state index contributed by atoms with van der Waals surface area (Å²) >= 11 is 0. The molecule has 1 aliphatic heterocycles. The van der Waals surface area contributed by atoms with Crippen LogP contribution in [0.3, 0.4) is 0 Å². The highest BCUT2D eigenvalue weighted by atomic mass is 16.5. The van der Waals surface area contributed by atoms with Gasteiger partial charge >= 0.3 is 5.97 Å². The molecule has 0 amide bonds. The zero-order valence-corrected chi connectivity index (χ0v) is 15.4. The van der Waals surface area contributed by atoms with Crippen LogP contribution in [0, 0.1) is 11.8 Å². The molecule has 0 radical (unpaired) electrons. The van der Waals surface area contributed by atoms with Crippen LogP contribution >= 0.6 is 0 Å². The van der Waals surface area contributed by atoms with Crippen LogP contribution in [0.2, 0.25) is 0 Å². The summed E-state index contributed by atoms with van der Waals surface area (Å²) in [5.74, 6) is 1.67. The Morgan fingerprint density at radius 3 is 2.64 bits per heavy atom. The molecule has 2 nitrogen and oxygen atoms in total. The van der Waals surface area contributed by atoms with Crippen molar-refractivity contribution in [2.24, 2.45) is 11.8 Å². The summed E-state index contributed by atoms with van der Waals surface area (Å²) in [5, 5.41) is 0. The van der Waals surface area contributed by atoms with Crippen LogP contribution in [0.15, 0.2) is 42.5 Å². The third-order valence-corrected chi connectivity index (χ3v) is 5.93. The Kier molecular flexibility index (Phi) is 7.14. The number of carbonyl (C=O) groups excluding carboxylic acids is 1. The largest absolute Gasteiger partial charge is 0.462 e. The minimum atomic E-state index is -0.00585. The van der Waals surface area contributed by atoms with Crippen molar-refractivity contribution in [2.75, 3.05) is 0 Å². The highest BCUT2D eigenvalue weighted by Gasteiger charge is 2.27. The Labute approximate surface area is 152 Å². The van der Waals surface area contributed by atoms with Crippen molar-refractivity contribution in [3.8, 4) is 0 Å². The highest BCUT2D eigenvalue weighted by Crippen LogP contribution is 2.38. The van der Waals surface area contributed by atoms with E-state index in [4.69, 9.17) is 4.74 Å². The van der Waals surface area contributed by atoms with Gasteiger partial charge in [-0.1, -0.05) is 55.3 Å². The predicted octanol–water partition coefficient (Wildman–Crippen LogP) is 5.86. The fraction of sp³-hybridized carbons (Fsp3) is 0.609. The van der Waals surface area contributed by atoms with E-state index in [1.165, 1.54) is 37.7 Å². The maximum atomic E-state index is 12.2. The summed E-state index contributed by atoms with van der Waals surface area (Å²) in [6, 6.07) is 10.6. The van der Waals surface area contributed by atoms with E-state index in [1.54, 1.807) is 0 Å². The molecular formula is C23H32O2. The quantitative estimate of drug-likeness (QED) is 0.509. The fourth-order valence-electron chi connectivity index (χ4n) is 4.44. The third kappa shape index (κ3) is 6.02. The number of cyclic esters (lactones) is 1. The van der Waals surface area contributed by atoms with E-state index in [0.29, 0.717) is 6.42 Å². The Balaban J connectivity index is 1.59. The first-order valence-electron chi connectivity index (χ1n) is 10.2. The van der Waals surface area contributed by atoms with Gasteiger partial charge in [0.2, 0.25) is 0 Å². The van der Waals surface area contributed by atoms with Crippen molar-refractivity contribution in [3.05, 3.63) is 48.0 Å². The van der Waals surface area contributed by atoms with Gasteiger partial charge < -0.3 is 4.74 Å². The van der Waals surface area contributed by atoms with Crippen molar-refractivity contribution >= 4 is 5.97 Å². The highest BCUT2D eigenvalue weighted by molar-refractivity contribution is 5.69. The fourth-order valence-corrected chi connectivity index (χ4v) is 4.44. The molecule has 2 aliphatic rings. The maximum Gasteiger partial charge on any atom is 0.306 e. The number of hydrogen-bond donors (Lipinski definition) is 0. The first-order chi connectivity index (χ1) is 12.3. The number of allylic oxidation sites excluding steroid dienone is 2. The van der Waals surface area contributed by atoms with Gasteiger partial charge in [0.15, 0.2) is 0 Å². The standard InChI is InChI=1S/C23H32O2/c24-23-14-7-2-1-6-11-20-12-8-13-21(20)16-18-22(25-23)17-15-19-9-4-3-5-10-19/h1,3-6,9-10,20-22H,2,7-8,11-18H2/b6-1-/t20-,21?,22+/m0/s1. The summed E-state index contributed by atoms with van der Waals surface area (Å²) in [4.78, 5) is 12.2. The summed E-state index contributed by atoms with van der Waals surface area (Å²) in [6.45, 7) is 0. The molecule has 3 atom stereocenters. The van der Waals surface area contributed by atoms with E-state index >= 15 is 0 Å². The second kappa shape index (κ2) is 9.79. The lowest BCUT2D eigenvalue weighted by molar-refractivity contribution is -0.150. The second-order valence-electron chi connectivity index (χ2n) is 7.76. The number of esters is 1. The van der Waals surface area contributed by atoms with E-state index in [1.807, 2.05) is 0 Å². The number of fused-ring (bicyclic) bond motifs is 1. The molecule has 1 aromatic rings. The summed E-state index contributed by atoms with van der Waals surface area (Å²) in [7, 11) is 0. The van der Waals surface area contributed by atoms with E-state index in [0.717, 1.165) is 43.9 Å². The molecule has 0 N–H and O–H groups in total. The molecule has 1 fully saturated rings. The number of carbonyl (C=O) groups is 1. The van der Waals surface area contributed by atoms with Gasteiger partial charge in [-0.25, -0.2) is 0 Å². The zero-order chi connectivity index (χ0) is 17.3. The number of aryl methyl sites for hydroxylation is 1. The average Bonchev–Trinajstić information content (AvgIpc) is 3.08. The Morgan fingerprint density at radius 1 is 0.920 bits per heavy atom. The molecule has 0 aromatic heterocycles. The minimum Gasteiger partial charge on any atom is -0.462 e. The van der Waals surface area contributed by atoms with Gasteiger partial charge in [-0.3, -0.25) is 4.79 Å². The van der Waals surface area contributed by atoms with Crippen LogP contribution in [0.5, 0.6) is 0 Å². The lowest BCUT2D eigenvalue weighted by Gasteiger charge is -2.22. The molecule has 0 bridgehead atoms. The van der Waals surface area contributed by atoms with Gasteiger partial charge in [0, 0.05) is 6.42 Å². The van der Waals surface area contributed by atoms with Crippen molar-refractivity contribution in [2.45, 2.75) is 76.7 Å².